The second-order valence-corrected chi connectivity index (χ2v) is 5.02. The number of nitrogens with one attached hydrogen (secondary N) is 1. The van der Waals surface area contributed by atoms with Gasteiger partial charge in [0.15, 0.2) is 4.96 Å². The Balaban J connectivity index is 2.16. The maximum absolute atomic E-state index is 4.56. The smallest absolute Gasteiger partial charge is 0.194 e. The zero-order valence-corrected chi connectivity index (χ0v) is 11.5. The van der Waals surface area contributed by atoms with Gasteiger partial charge in [-0.05, 0) is 32.9 Å². The third kappa shape index (κ3) is 2.58. The SMILES string of the molecule is CCCNCC=Cc1c(C)nc2scc(C)n12. The molecule has 0 saturated carbocycles. The Labute approximate surface area is 106 Å². The molecule has 0 bridgehead atoms. The highest BCUT2D eigenvalue weighted by Gasteiger charge is 2.08. The fraction of sp³-hybridized carbons (Fsp3) is 0.462. The zero-order valence-electron chi connectivity index (χ0n) is 10.7. The normalized spacial score (nSPS) is 11.9. The summed E-state index contributed by atoms with van der Waals surface area (Å²) >= 11 is 1.70. The zero-order chi connectivity index (χ0) is 12.3. The molecule has 4 heteroatoms. The first-order chi connectivity index (χ1) is 8.24. The molecule has 2 aromatic rings. The Morgan fingerprint density at radius 2 is 2.29 bits per heavy atom. The van der Waals surface area contributed by atoms with Gasteiger partial charge in [0.05, 0.1) is 11.4 Å². The molecule has 3 nitrogen and oxygen atoms in total. The van der Waals surface area contributed by atoms with E-state index in [4.69, 9.17) is 0 Å². The minimum Gasteiger partial charge on any atom is -0.313 e. The van der Waals surface area contributed by atoms with Gasteiger partial charge in [-0.1, -0.05) is 13.0 Å². The van der Waals surface area contributed by atoms with Gasteiger partial charge in [0.25, 0.3) is 0 Å². The Hall–Kier alpha value is -1.13. The van der Waals surface area contributed by atoms with Crippen molar-refractivity contribution in [1.29, 1.82) is 0 Å². The molecule has 0 radical (unpaired) electrons. The van der Waals surface area contributed by atoms with Crippen molar-refractivity contribution < 1.29 is 0 Å². The van der Waals surface area contributed by atoms with E-state index in [0.717, 1.165) is 23.7 Å². The van der Waals surface area contributed by atoms with Gasteiger partial charge in [0.2, 0.25) is 0 Å². The molecular formula is C13H19N3S. The summed E-state index contributed by atoms with van der Waals surface area (Å²) in [7, 11) is 0. The van der Waals surface area contributed by atoms with Crippen LogP contribution in [0.3, 0.4) is 0 Å². The summed E-state index contributed by atoms with van der Waals surface area (Å²) in [4.78, 5) is 5.64. The van der Waals surface area contributed by atoms with Crippen molar-refractivity contribution in [3.8, 4) is 0 Å². The summed E-state index contributed by atoms with van der Waals surface area (Å²) in [6.45, 7) is 8.36. The predicted molar refractivity (Wildman–Crippen MR) is 74.7 cm³/mol. The molecule has 2 rings (SSSR count). The van der Waals surface area contributed by atoms with Gasteiger partial charge < -0.3 is 5.32 Å². The lowest BCUT2D eigenvalue weighted by Gasteiger charge is -1.98. The molecule has 1 N–H and O–H groups in total. The minimum atomic E-state index is 0.920. The van der Waals surface area contributed by atoms with Crippen molar-refractivity contribution in [2.45, 2.75) is 27.2 Å². The molecule has 2 heterocycles. The summed E-state index contributed by atoms with van der Waals surface area (Å²) in [6, 6.07) is 0. The predicted octanol–water partition coefficient (Wildman–Crippen LogP) is 3.03. The molecular weight excluding hydrogens is 230 g/mol. The van der Waals surface area contributed by atoms with E-state index in [1.807, 2.05) is 0 Å². The van der Waals surface area contributed by atoms with Gasteiger partial charge in [-0.15, -0.1) is 11.3 Å². The first-order valence-electron chi connectivity index (χ1n) is 6.04. The molecule has 0 aliphatic carbocycles. The first-order valence-corrected chi connectivity index (χ1v) is 6.92. The molecule has 0 unspecified atom stereocenters. The molecule has 0 aromatic carbocycles. The first kappa shape index (κ1) is 12.3. The average Bonchev–Trinajstić information content (AvgIpc) is 2.80. The van der Waals surface area contributed by atoms with E-state index < -0.39 is 0 Å². The molecule has 0 aliphatic rings. The topological polar surface area (TPSA) is 29.3 Å². The number of imidazole rings is 1. The summed E-state index contributed by atoms with van der Waals surface area (Å²) in [5.74, 6) is 0. The fourth-order valence-electron chi connectivity index (χ4n) is 1.85. The number of nitrogens with zero attached hydrogens (tertiary/aromatic N) is 2. The van der Waals surface area contributed by atoms with Gasteiger partial charge in [0, 0.05) is 17.6 Å². The van der Waals surface area contributed by atoms with Crippen molar-refractivity contribution in [2.75, 3.05) is 13.1 Å². The van der Waals surface area contributed by atoms with Crippen LogP contribution in [0.15, 0.2) is 11.5 Å². The van der Waals surface area contributed by atoms with Crippen LogP contribution in [-0.4, -0.2) is 22.5 Å². The molecule has 2 aromatic heterocycles. The Bertz CT molecular complexity index is 522. The fourth-order valence-corrected chi connectivity index (χ4v) is 2.77. The number of hydrogen-bond donors (Lipinski definition) is 1. The van der Waals surface area contributed by atoms with Crippen LogP contribution in [0.25, 0.3) is 11.0 Å². The number of hydrogen-bond acceptors (Lipinski definition) is 3. The van der Waals surface area contributed by atoms with Crippen LogP contribution in [0.1, 0.15) is 30.4 Å². The number of fused-ring (bicyclic) bond motifs is 1. The highest BCUT2D eigenvalue weighted by Crippen LogP contribution is 2.21. The third-order valence-corrected chi connectivity index (χ3v) is 3.66. The van der Waals surface area contributed by atoms with Crippen LogP contribution < -0.4 is 5.32 Å². The lowest BCUT2D eigenvalue weighted by molar-refractivity contribution is 0.730. The van der Waals surface area contributed by atoms with Gasteiger partial charge in [-0.2, -0.15) is 0 Å². The van der Waals surface area contributed by atoms with Gasteiger partial charge in [-0.25, -0.2) is 4.98 Å². The van der Waals surface area contributed by atoms with Crippen LogP contribution in [0, 0.1) is 13.8 Å². The Kier molecular flexibility index (Phi) is 3.97. The molecule has 0 spiro atoms. The Morgan fingerprint density at radius 1 is 1.47 bits per heavy atom. The van der Waals surface area contributed by atoms with Crippen molar-refractivity contribution in [1.82, 2.24) is 14.7 Å². The van der Waals surface area contributed by atoms with Crippen molar-refractivity contribution in [3.05, 3.63) is 28.5 Å². The van der Waals surface area contributed by atoms with E-state index in [0.29, 0.717) is 0 Å². The van der Waals surface area contributed by atoms with E-state index >= 15 is 0 Å². The summed E-state index contributed by atoms with van der Waals surface area (Å²) in [6.07, 6.45) is 5.51. The van der Waals surface area contributed by atoms with Gasteiger partial charge >= 0.3 is 0 Å². The maximum atomic E-state index is 4.56. The summed E-state index contributed by atoms with van der Waals surface area (Å²) in [5.41, 5.74) is 3.57. The summed E-state index contributed by atoms with van der Waals surface area (Å²) in [5, 5.41) is 5.51. The molecule has 0 fully saturated rings. The van der Waals surface area contributed by atoms with E-state index in [9.17, 15) is 0 Å². The van der Waals surface area contributed by atoms with Crippen LogP contribution in [0.4, 0.5) is 0 Å². The quantitative estimate of drug-likeness (QED) is 0.825. The average molecular weight is 249 g/mol. The highest BCUT2D eigenvalue weighted by molar-refractivity contribution is 7.15. The standard InChI is InChI=1S/C13H19N3S/c1-4-7-14-8-5-6-12-11(3)15-13-16(12)10(2)9-17-13/h5-6,9,14H,4,7-8H2,1-3H3. The number of rotatable bonds is 5. The second-order valence-electron chi connectivity index (χ2n) is 4.18. The molecule has 92 valence electrons. The van der Waals surface area contributed by atoms with Crippen LogP contribution in [-0.2, 0) is 0 Å². The molecule has 17 heavy (non-hydrogen) atoms. The van der Waals surface area contributed by atoms with E-state index in [1.165, 1.54) is 17.8 Å². The molecule has 0 aliphatic heterocycles. The number of thiazole rings is 1. The van der Waals surface area contributed by atoms with Crippen molar-refractivity contribution >= 4 is 22.4 Å². The van der Waals surface area contributed by atoms with E-state index in [-0.39, 0.29) is 0 Å². The summed E-state index contributed by atoms with van der Waals surface area (Å²) < 4.78 is 2.22. The monoisotopic (exact) mass is 249 g/mol. The van der Waals surface area contributed by atoms with Crippen LogP contribution >= 0.6 is 11.3 Å². The number of aryl methyl sites for hydroxylation is 2. The molecule has 0 atom stereocenters. The van der Waals surface area contributed by atoms with Gasteiger partial charge in [0.1, 0.15) is 0 Å². The lowest BCUT2D eigenvalue weighted by atomic mass is 10.3. The van der Waals surface area contributed by atoms with Crippen LogP contribution in [0.2, 0.25) is 0 Å². The van der Waals surface area contributed by atoms with E-state index in [1.54, 1.807) is 11.3 Å². The van der Waals surface area contributed by atoms with Crippen molar-refractivity contribution in [3.63, 3.8) is 0 Å². The number of aromatic nitrogens is 2. The lowest BCUT2D eigenvalue weighted by Crippen LogP contribution is -2.13. The minimum absolute atomic E-state index is 0.920. The second kappa shape index (κ2) is 5.47. The molecule has 0 amide bonds. The largest absolute Gasteiger partial charge is 0.313 e. The van der Waals surface area contributed by atoms with E-state index in [2.05, 4.69) is 53.0 Å². The van der Waals surface area contributed by atoms with Gasteiger partial charge in [-0.3, -0.25) is 4.40 Å². The third-order valence-electron chi connectivity index (χ3n) is 2.72. The maximum Gasteiger partial charge on any atom is 0.194 e. The Morgan fingerprint density at radius 3 is 3.06 bits per heavy atom. The van der Waals surface area contributed by atoms with Crippen LogP contribution in [0.5, 0.6) is 0 Å². The van der Waals surface area contributed by atoms with Crippen molar-refractivity contribution in [2.24, 2.45) is 0 Å². The highest BCUT2D eigenvalue weighted by atomic mass is 32.1. The molecule has 0 saturated heterocycles.